The maximum absolute atomic E-state index is 11.7. The van der Waals surface area contributed by atoms with E-state index in [4.69, 9.17) is 10.5 Å². The van der Waals surface area contributed by atoms with Crippen molar-refractivity contribution in [3.8, 4) is 0 Å². The zero-order chi connectivity index (χ0) is 13.5. The molecular weight excluding hydrogens is 314 g/mol. The highest BCUT2D eigenvalue weighted by Crippen LogP contribution is 2.34. The number of methoxy groups -OCH3 is 1. The highest BCUT2D eigenvalue weighted by atomic mass is 79.9. The molecule has 18 heavy (non-hydrogen) atoms. The third-order valence-electron chi connectivity index (χ3n) is 2.51. The van der Waals surface area contributed by atoms with Crippen molar-refractivity contribution in [2.45, 2.75) is 36.3 Å². The number of hydrogen-bond acceptors (Lipinski definition) is 4. The highest BCUT2D eigenvalue weighted by Gasteiger charge is 2.20. The molecule has 0 spiro atoms. The van der Waals surface area contributed by atoms with Gasteiger partial charge in [-0.15, -0.1) is 11.8 Å². The SMILES string of the molecule is CCCCC(Sc1ccc(N)cc1Br)C(=O)OC. The first-order valence-electron chi connectivity index (χ1n) is 5.88. The van der Waals surface area contributed by atoms with Gasteiger partial charge in [-0.2, -0.15) is 0 Å². The molecule has 0 aliphatic carbocycles. The number of carbonyl (C=O) groups is 1. The number of hydrogen-bond donors (Lipinski definition) is 1. The standard InChI is InChI=1S/C13H18BrNO2S/c1-3-4-5-12(13(16)17-2)18-11-7-6-9(15)8-10(11)14/h6-8,12H,3-5,15H2,1-2H3. The number of esters is 1. The van der Waals surface area contributed by atoms with Crippen LogP contribution in [0.15, 0.2) is 27.6 Å². The normalized spacial score (nSPS) is 12.2. The first-order chi connectivity index (χ1) is 8.58. The number of thioether (sulfide) groups is 1. The molecule has 100 valence electrons. The summed E-state index contributed by atoms with van der Waals surface area (Å²) in [5, 5.41) is -0.158. The monoisotopic (exact) mass is 331 g/mol. The second-order valence-electron chi connectivity index (χ2n) is 3.96. The van der Waals surface area contributed by atoms with Crippen molar-refractivity contribution in [2.24, 2.45) is 0 Å². The van der Waals surface area contributed by atoms with E-state index in [-0.39, 0.29) is 11.2 Å². The second-order valence-corrected chi connectivity index (χ2v) is 6.06. The molecule has 5 heteroatoms. The summed E-state index contributed by atoms with van der Waals surface area (Å²) in [6, 6.07) is 5.60. The van der Waals surface area contributed by atoms with Crippen molar-refractivity contribution in [3.05, 3.63) is 22.7 Å². The van der Waals surface area contributed by atoms with Crippen LogP contribution in [-0.4, -0.2) is 18.3 Å². The average molecular weight is 332 g/mol. The molecule has 1 aromatic carbocycles. The summed E-state index contributed by atoms with van der Waals surface area (Å²) in [5.41, 5.74) is 6.40. The number of ether oxygens (including phenoxy) is 1. The summed E-state index contributed by atoms with van der Waals surface area (Å²) in [6.45, 7) is 2.11. The summed E-state index contributed by atoms with van der Waals surface area (Å²) in [7, 11) is 1.43. The van der Waals surface area contributed by atoms with E-state index >= 15 is 0 Å². The topological polar surface area (TPSA) is 52.3 Å². The van der Waals surface area contributed by atoms with Gasteiger partial charge in [0.15, 0.2) is 0 Å². The van der Waals surface area contributed by atoms with Gasteiger partial charge < -0.3 is 10.5 Å². The smallest absolute Gasteiger partial charge is 0.319 e. The molecule has 1 rings (SSSR count). The van der Waals surface area contributed by atoms with E-state index in [9.17, 15) is 4.79 Å². The fraction of sp³-hybridized carbons (Fsp3) is 0.462. The Morgan fingerprint density at radius 2 is 2.28 bits per heavy atom. The zero-order valence-electron chi connectivity index (χ0n) is 10.6. The van der Waals surface area contributed by atoms with Gasteiger partial charge in [0.2, 0.25) is 0 Å². The lowest BCUT2D eigenvalue weighted by Crippen LogP contribution is -2.18. The Hall–Kier alpha value is -0.680. The Labute approximate surface area is 121 Å². The quantitative estimate of drug-likeness (QED) is 0.488. The molecule has 0 aromatic heterocycles. The van der Waals surface area contributed by atoms with E-state index in [1.165, 1.54) is 18.9 Å². The van der Waals surface area contributed by atoms with Crippen LogP contribution in [0.2, 0.25) is 0 Å². The first-order valence-corrected chi connectivity index (χ1v) is 7.55. The van der Waals surface area contributed by atoms with Crippen LogP contribution < -0.4 is 5.73 Å². The van der Waals surface area contributed by atoms with Crippen LogP contribution >= 0.6 is 27.7 Å². The second kappa shape index (κ2) is 7.69. The number of unbranched alkanes of at least 4 members (excludes halogenated alkanes) is 1. The highest BCUT2D eigenvalue weighted by molar-refractivity contribution is 9.10. The van der Waals surface area contributed by atoms with Crippen molar-refractivity contribution in [1.29, 1.82) is 0 Å². The van der Waals surface area contributed by atoms with Crippen molar-refractivity contribution in [2.75, 3.05) is 12.8 Å². The molecule has 1 atom stereocenters. The van der Waals surface area contributed by atoms with Crippen molar-refractivity contribution < 1.29 is 9.53 Å². The lowest BCUT2D eigenvalue weighted by atomic mass is 10.2. The number of nitrogen functional groups attached to an aromatic ring is 1. The number of anilines is 1. The summed E-state index contributed by atoms with van der Waals surface area (Å²) >= 11 is 4.98. The molecule has 0 aliphatic heterocycles. The fourth-order valence-electron chi connectivity index (χ4n) is 1.51. The summed E-state index contributed by atoms with van der Waals surface area (Å²) in [5.74, 6) is -0.169. The molecule has 0 heterocycles. The van der Waals surface area contributed by atoms with Crippen molar-refractivity contribution >= 4 is 39.3 Å². The minimum atomic E-state index is -0.169. The van der Waals surface area contributed by atoms with E-state index in [1.807, 2.05) is 18.2 Å². The van der Waals surface area contributed by atoms with Crippen LogP contribution in [0, 0.1) is 0 Å². The minimum absolute atomic E-state index is 0.158. The van der Waals surface area contributed by atoms with Gasteiger partial charge in [-0.3, -0.25) is 4.79 Å². The Morgan fingerprint density at radius 3 is 2.83 bits per heavy atom. The molecule has 1 unspecified atom stereocenters. The molecule has 3 nitrogen and oxygen atoms in total. The van der Waals surface area contributed by atoms with Crippen LogP contribution in [0.3, 0.4) is 0 Å². The van der Waals surface area contributed by atoms with Gasteiger partial charge in [-0.05, 0) is 40.5 Å². The third-order valence-corrected chi connectivity index (χ3v) is 4.75. The zero-order valence-corrected chi connectivity index (χ0v) is 13.0. The molecule has 0 saturated carbocycles. The average Bonchev–Trinajstić information content (AvgIpc) is 2.36. The van der Waals surface area contributed by atoms with Crippen LogP contribution in [0.1, 0.15) is 26.2 Å². The number of nitrogens with two attached hydrogens (primary N) is 1. The van der Waals surface area contributed by atoms with Crippen LogP contribution in [0.5, 0.6) is 0 Å². The number of benzene rings is 1. The van der Waals surface area contributed by atoms with E-state index in [0.29, 0.717) is 5.69 Å². The van der Waals surface area contributed by atoms with Gasteiger partial charge in [0.05, 0.1) is 7.11 Å². The fourth-order valence-corrected chi connectivity index (χ4v) is 3.29. The molecule has 0 aliphatic rings. The first kappa shape index (κ1) is 15.4. The summed E-state index contributed by atoms with van der Waals surface area (Å²) in [4.78, 5) is 12.7. The number of carbonyl (C=O) groups excluding carboxylic acids is 1. The summed E-state index contributed by atoms with van der Waals surface area (Å²) in [6.07, 6.45) is 2.90. The van der Waals surface area contributed by atoms with Gasteiger partial charge in [0.1, 0.15) is 5.25 Å². The third kappa shape index (κ3) is 4.53. The van der Waals surface area contributed by atoms with Gasteiger partial charge >= 0.3 is 5.97 Å². The Kier molecular flexibility index (Phi) is 6.57. The molecule has 1 aromatic rings. The largest absolute Gasteiger partial charge is 0.468 e. The molecule has 0 bridgehead atoms. The van der Waals surface area contributed by atoms with Crippen molar-refractivity contribution in [3.63, 3.8) is 0 Å². The maximum Gasteiger partial charge on any atom is 0.319 e. The minimum Gasteiger partial charge on any atom is -0.468 e. The molecule has 0 radical (unpaired) electrons. The maximum atomic E-state index is 11.7. The van der Waals surface area contributed by atoms with Crippen LogP contribution in [0.25, 0.3) is 0 Å². The van der Waals surface area contributed by atoms with Gasteiger partial charge in [-0.25, -0.2) is 0 Å². The number of rotatable bonds is 6. The van der Waals surface area contributed by atoms with E-state index in [0.717, 1.165) is 28.6 Å². The molecule has 2 N–H and O–H groups in total. The van der Waals surface area contributed by atoms with Gasteiger partial charge in [0.25, 0.3) is 0 Å². The number of halogens is 1. The van der Waals surface area contributed by atoms with Gasteiger partial charge in [0, 0.05) is 15.1 Å². The van der Waals surface area contributed by atoms with E-state index < -0.39 is 0 Å². The molecule has 0 fully saturated rings. The Bertz CT molecular complexity index is 412. The lowest BCUT2D eigenvalue weighted by molar-refractivity contribution is -0.140. The van der Waals surface area contributed by atoms with Crippen LogP contribution in [-0.2, 0) is 9.53 Å². The van der Waals surface area contributed by atoms with Crippen LogP contribution in [0.4, 0.5) is 5.69 Å². The molecule has 0 amide bonds. The molecular formula is C13H18BrNO2S. The lowest BCUT2D eigenvalue weighted by Gasteiger charge is -2.15. The van der Waals surface area contributed by atoms with Gasteiger partial charge in [-0.1, -0.05) is 19.8 Å². The van der Waals surface area contributed by atoms with E-state index in [1.54, 1.807) is 0 Å². The predicted octanol–water partition coefficient (Wildman–Crippen LogP) is 3.86. The van der Waals surface area contributed by atoms with E-state index in [2.05, 4.69) is 22.9 Å². The predicted molar refractivity (Wildman–Crippen MR) is 79.7 cm³/mol. The Morgan fingerprint density at radius 1 is 1.56 bits per heavy atom. The Balaban J connectivity index is 2.78. The molecule has 0 saturated heterocycles. The summed E-state index contributed by atoms with van der Waals surface area (Å²) < 4.78 is 5.76. The van der Waals surface area contributed by atoms with Crippen molar-refractivity contribution in [1.82, 2.24) is 0 Å².